The van der Waals surface area contributed by atoms with Crippen molar-refractivity contribution in [3.05, 3.63) is 29.8 Å². The predicted octanol–water partition coefficient (Wildman–Crippen LogP) is 2.33. The van der Waals surface area contributed by atoms with E-state index in [-0.39, 0.29) is 17.9 Å². The van der Waals surface area contributed by atoms with Crippen LogP contribution in [-0.4, -0.2) is 35.5 Å². The minimum absolute atomic E-state index is 0.0692. The third-order valence-electron chi connectivity index (χ3n) is 4.09. The largest absolute Gasteiger partial charge is 0.497 e. The summed E-state index contributed by atoms with van der Waals surface area (Å²) in [4.78, 5) is 25.1. The number of carbonyl (C=O) groups is 2. The van der Waals surface area contributed by atoms with Crippen LogP contribution in [0.5, 0.6) is 5.75 Å². The molecule has 1 fully saturated rings. The normalized spacial score (nSPS) is 21.5. The van der Waals surface area contributed by atoms with Gasteiger partial charge in [0.25, 0.3) is 0 Å². The zero-order valence-corrected chi connectivity index (χ0v) is 12.6. The fraction of sp³-hybridized carbons (Fsp3) is 0.500. The molecule has 0 spiro atoms. The Bertz CT molecular complexity index is 543. The van der Waals surface area contributed by atoms with E-state index in [2.05, 4.69) is 0 Å². The number of ether oxygens (including phenoxy) is 1. The minimum Gasteiger partial charge on any atom is -0.497 e. The summed E-state index contributed by atoms with van der Waals surface area (Å²) in [5.74, 6) is -1.07. The Kier molecular flexibility index (Phi) is 4.50. The first-order valence-corrected chi connectivity index (χ1v) is 7.16. The van der Waals surface area contributed by atoms with Gasteiger partial charge in [0, 0.05) is 6.54 Å². The lowest BCUT2D eigenvalue weighted by Crippen LogP contribution is -2.35. The highest BCUT2D eigenvalue weighted by atomic mass is 16.5. The van der Waals surface area contributed by atoms with Gasteiger partial charge in [-0.2, -0.15) is 0 Å². The summed E-state index contributed by atoms with van der Waals surface area (Å²) in [5, 5.41) is 8.96. The molecular formula is C16H21NO4. The number of methoxy groups -OCH3 is 1. The predicted molar refractivity (Wildman–Crippen MR) is 78.0 cm³/mol. The van der Waals surface area contributed by atoms with Crippen molar-refractivity contribution in [2.24, 2.45) is 11.8 Å². The Morgan fingerprint density at radius 3 is 2.67 bits per heavy atom. The van der Waals surface area contributed by atoms with Crippen molar-refractivity contribution in [1.82, 2.24) is 4.90 Å². The van der Waals surface area contributed by atoms with Crippen molar-refractivity contribution in [2.75, 3.05) is 13.7 Å². The van der Waals surface area contributed by atoms with Crippen LogP contribution in [-0.2, 0) is 9.59 Å². The molecule has 1 N–H and O–H groups in total. The summed E-state index contributed by atoms with van der Waals surface area (Å²) in [6.07, 6.45) is 0.454. The van der Waals surface area contributed by atoms with Gasteiger partial charge in [-0.1, -0.05) is 12.1 Å². The van der Waals surface area contributed by atoms with Gasteiger partial charge in [0.1, 0.15) is 5.75 Å². The van der Waals surface area contributed by atoms with Crippen LogP contribution in [0.1, 0.15) is 31.9 Å². The number of carboxylic acid groups (broad SMARTS) is 1. The fourth-order valence-electron chi connectivity index (χ4n) is 2.66. The third kappa shape index (κ3) is 3.17. The molecule has 21 heavy (non-hydrogen) atoms. The first kappa shape index (κ1) is 15.4. The Hall–Kier alpha value is -2.04. The van der Waals surface area contributed by atoms with E-state index < -0.39 is 11.9 Å². The molecule has 0 heterocycles. The SMILES string of the molecule is CCN(C(=O)[C@@H]1C[C@@H]1C(=O)O)[C@H](C)c1cccc(OC)c1. The Balaban J connectivity index is 2.13. The molecule has 1 aliphatic carbocycles. The van der Waals surface area contributed by atoms with Crippen LogP contribution in [0.4, 0.5) is 0 Å². The molecule has 3 atom stereocenters. The fourth-order valence-corrected chi connectivity index (χ4v) is 2.66. The van der Waals surface area contributed by atoms with Crippen LogP contribution < -0.4 is 4.74 Å². The summed E-state index contributed by atoms with van der Waals surface area (Å²) >= 11 is 0. The van der Waals surface area contributed by atoms with E-state index in [0.29, 0.717) is 13.0 Å². The van der Waals surface area contributed by atoms with E-state index in [1.807, 2.05) is 38.1 Å². The number of nitrogens with zero attached hydrogens (tertiary/aromatic N) is 1. The van der Waals surface area contributed by atoms with Crippen molar-refractivity contribution in [3.8, 4) is 5.75 Å². The van der Waals surface area contributed by atoms with E-state index in [4.69, 9.17) is 9.84 Å². The van der Waals surface area contributed by atoms with Crippen LogP contribution in [0.2, 0.25) is 0 Å². The molecule has 0 radical (unpaired) electrons. The van der Waals surface area contributed by atoms with Crippen LogP contribution in [0.25, 0.3) is 0 Å². The second-order valence-electron chi connectivity index (χ2n) is 5.36. The number of carbonyl (C=O) groups excluding carboxylic acids is 1. The van der Waals surface area contributed by atoms with Crippen molar-refractivity contribution >= 4 is 11.9 Å². The van der Waals surface area contributed by atoms with Gasteiger partial charge in [-0.3, -0.25) is 9.59 Å². The first-order valence-electron chi connectivity index (χ1n) is 7.16. The molecule has 1 amide bonds. The molecule has 2 rings (SSSR count). The molecule has 1 aromatic rings. The molecule has 0 unspecified atom stereocenters. The van der Waals surface area contributed by atoms with E-state index in [1.54, 1.807) is 12.0 Å². The zero-order chi connectivity index (χ0) is 15.6. The Labute approximate surface area is 124 Å². The highest BCUT2D eigenvalue weighted by Gasteiger charge is 2.50. The van der Waals surface area contributed by atoms with E-state index >= 15 is 0 Å². The van der Waals surface area contributed by atoms with Crippen molar-refractivity contribution in [2.45, 2.75) is 26.3 Å². The summed E-state index contributed by atoms with van der Waals surface area (Å²) in [7, 11) is 1.61. The zero-order valence-electron chi connectivity index (χ0n) is 12.6. The monoisotopic (exact) mass is 291 g/mol. The maximum atomic E-state index is 12.5. The van der Waals surface area contributed by atoms with Gasteiger partial charge >= 0.3 is 5.97 Å². The van der Waals surface area contributed by atoms with Gasteiger partial charge in [-0.05, 0) is 38.0 Å². The lowest BCUT2D eigenvalue weighted by Gasteiger charge is -2.29. The van der Waals surface area contributed by atoms with Gasteiger partial charge in [-0.25, -0.2) is 0 Å². The maximum absolute atomic E-state index is 12.5. The van der Waals surface area contributed by atoms with Crippen molar-refractivity contribution in [3.63, 3.8) is 0 Å². The Morgan fingerprint density at radius 2 is 2.14 bits per heavy atom. The molecule has 0 bridgehead atoms. The Morgan fingerprint density at radius 1 is 1.43 bits per heavy atom. The molecule has 1 aliphatic rings. The lowest BCUT2D eigenvalue weighted by atomic mass is 10.1. The minimum atomic E-state index is -0.876. The van der Waals surface area contributed by atoms with E-state index in [1.165, 1.54) is 0 Å². The average molecular weight is 291 g/mol. The molecule has 0 aromatic heterocycles. The first-order chi connectivity index (χ1) is 9.99. The molecule has 5 nitrogen and oxygen atoms in total. The molecule has 0 saturated heterocycles. The number of aliphatic carboxylic acids is 1. The number of hydrogen-bond acceptors (Lipinski definition) is 3. The molecule has 5 heteroatoms. The third-order valence-corrected chi connectivity index (χ3v) is 4.09. The molecule has 0 aliphatic heterocycles. The topological polar surface area (TPSA) is 66.8 Å². The second kappa shape index (κ2) is 6.16. The second-order valence-corrected chi connectivity index (χ2v) is 5.36. The maximum Gasteiger partial charge on any atom is 0.307 e. The summed E-state index contributed by atoms with van der Waals surface area (Å²) < 4.78 is 5.21. The summed E-state index contributed by atoms with van der Waals surface area (Å²) in [6, 6.07) is 7.50. The van der Waals surface area contributed by atoms with Crippen molar-refractivity contribution < 1.29 is 19.4 Å². The van der Waals surface area contributed by atoms with Crippen LogP contribution in [0, 0.1) is 11.8 Å². The molecular weight excluding hydrogens is 270 g/mol. The number of carboxylic acids is 1. The van der Waals surface area contributed by atoms with Gasteiger partial charge in [0.05, 0.1) is 25.0 Å². The number of rotatable bonds is 6. The average Bonchev–Trinajstić information content (AvgIpc) is 3.28. The lowest BCUT2D eigenvalue weighted by molar-refractivity contribution is -0.142. The highest BCUT2D eigenvalue weighted by molar-refractivity contribution is 5.89. The molecule has 1 aromatic carbocycles. The van der Waals surface area contributed by atoms with E-state index in [9.17, 15) is 9.59 Å². The van der Waals surface area contributed by atoms with Gasteiger partial charge in [-0.15, -0.1) is 0 Å². The van der Waals surface area contributed by atoms with Crippen molar-refractivity contribution in [1.29, 1.82) is 0 Å². The smallest absolute Gasteiger partial charge is 0.307 e. The van der Waals surface area contributed by atoms with Crippen LogP contribution >= 0.6 is 0 Å². The molecule has 114 valence electrons. The number of benzene rings is 1. The summed E-state index contributed by atoms with van der Waals surface area (Å²) in [5.41, 5.74) is 0.983. The van der Waals surface area contributed by atoms with Gasteiger partial charge in [0.15, 0.2) is 0 Å². The molecule has 1 saturated carbocycles. The number of amides is 1. The van der Waals surface area contributed by atoms with E-state index in [0.717, 1.165) is 11.3 Å². The van der Waals surface area contributed by atoms with Gasteiger partial charge in [0.2, 0.25) is 5.91 Å². The van der Waals surface area contributed by atoms with Gasteiger partial charge < -0.3 is 14.7 Å². The number of hydrogen-bond donors (Lipinski definition) is 1. The quantitative estimate of drug-likeness (QED) is 0.873. The standard InChI is InChI=1S/C16H21NO4/c1-4-17(15(18)13-9-14(13)16(19)20)10(2)11-6-5-7-12(8-11)21-3/h5-8,10,13-14H,4,9H2,1-3H3,(H,19,20)/t10-,13-,14+/m1/s1. The van der Waals surface area contributed by atoms with Crippen LogP contribution in [0.3, 0.4) is 0 Å². The van der Waals surface area contributed by atoms with Crippen LogP contribution in [0.15, 0.2) is 24.3 Å². The summed E-state index contributed by atoms with van der Waals surface area (Å²) in [6.45, 7) is 4.42. The highest BCUT2D eigenvalue weighted by Crippen LogP contribution is 2.41.